The maximum Gasteiger partial charge on any atom is 0.318 e. The van der Waals surface area contributed by atoms with Crippen molar-refractivity contribution >= 4 is 23.5 Å². The fourth-order valence-electron chi connectivity index (χ4n) is 3.69. The monoisotopic (exact) mass is 421 g/mol. The van der Waals surface area contributed by atoms with Crippen LogP contribution in [0, 0.1) is 23.5 Å². The van der Waals surface area contributed by atoms with Gasteiger partial charge in [-0.05, 0) is 31.7 Å². The first kappa shape index (κ1) is 20.7. The molecule has 2 aliphatic rings. The summed E-state index contributed by atoms with van der Waals surface area (Å²) in [5, 5.41) is 4.55. The van der Waals surface area contributed by atoms with Crippen LogP contribution in [0.4, 0.5) is 22.4 Å². The summed E-state index contributed by atoms with van der Waals surface area (Å²) in [4.78, 5) is 25.8. The number of carbonyl (C=O) groups is 2. The van der Waals surface area contributed by atoms with Crippen molar-refractivity contribution in [2.75, 3.05) is 13.1 Å². The van der Waals surface area contributed by atoms with E-state index in [4.69, 9.17) is 11.6 Å². The maximum atomic E-state index is 14.6. The number of urea groups is 1. The zero-order chi connectivity index (χ0) is 20.6. The second-order valence-corrected chi connectivity index (χ2v) is 7.56. The van der Waals surface area contributed by atoms with Crippen molar-refractivity contribution < 1.29 is 27.2 Å². The fraction of sp³-hybridized carbons (Fsp3) is 0.556. The Morgan fingerprint density at radius 1 is 1.29 bits per heavy atom. The summed E-state index contributed by atoms with van der Waals surface area (Å²) in [6.45, 7) is 2.08. The smallest absolute Gasteiger partial charge is 0.318 e. The Morgan fingerprint density at radius 2 is 1.96 bits per heavy atom. The number of amides is 3. The van der Waals surface area contributed by atoms with E-state index in [1.807, 2.05) is 0 Å². The van der Waals surface area contributed by atoms with Gasteiger partial charge in [-0.25, -0.2) is 22.4 Å². The van der Waals surface area contributed by atoms with Crippen LogP contribution in [0.3, 0.4) is 0 Å². The van der Waals surface area contributed by atoms with E-state index in [0.29, 0.717) is 0 Å². The minimum absolute atomic E-state index is 0.0634. The number of nitrogens with one attached hydrogen (secondary N) is 2. The van der Waals surface area contributed by atoms with Crippen LogP contribution in [0.2, 0.25) is 5.02 Å². The highest BCUT2D eigenvalue weighted by Gasteiger charge is 2.43. The van der Waals surface area contributed by atoms with E-state index >= 15 is 0 Å². The predicted octanol–water partition coefficient (Wildman–Crippen LogP) is 3.48. The van der Waals surface area contributed by atoms with Gasteiger partial charge in [0.25, 0.3) is 0 Å². The molecule has 1 aromatic carbocycles. The molecular formula is C18H20ClF4N3O2. The second-order valence-electron chi connectivity index (χ2n) is 7.18. The Morgan fingerprint density at radius 3 is 2.61 bits per heavy atom. The molecule has 0 bridgehead atoms. The van der Waals surface area contributed by atoms with E-state index in [1.54, 1.807) is 6.92 Å². The third-order valence-electron chi connectivity index (χ3n) is 5.48. The van der Waals surface area contributed by atoms with E-state index < -0.39 is 53.0 Å². The van der Waals surface area contributed by atoms with Crippen molar-refractivity contribution in [1.29, 1.82) is 0 Å². The van der Waals surface area contributed by atoms with Crippen LogP contribution in [-0.2, 0) is 4.79 Å². The van der Waals surface area contributed by atoms with Crippen LogP contribution in [-0.4, -0.2) is 42.4 Å². The van der Waals surface area contributed by atoms with Crippen LogP contribution in [0.15, 0.2) is 12.1 Å². The SMILES string of the molecule is C[C@@H]1C(=O)NCCN1C(=O)N[C@@H](c1ccc(F)c(Cl)c1F)[C@H]1C[C@H](C(F)F)C1. The zero-order valence-corrected chi connectivity index (χ0v) is 15.8. The molecule has 0 unspecified atom stereocenters. The standard InChI is InChI=1S/C18H20ClF4N3O2/c1-8-17(27)24-4-5-26(8)18(28)25-15(9-6-10(7-9)16(22)23)11-2-3-12(20)13(19)14(11)21/h2-3,8-10,15-16H,4-7H2,1H3,(H,24,27)(H,25,28)/t8-,9-,10-,15-/m1/s1. The summed E-state index contributed by atoms with van der Waals surface area (Å²) >= 11 is 5.65. The average molecular weight is 422 g/mol. The third-order valence-corrected chi connectivity index (χ3v) is 5.82. The highest BCUT2D eigenvalue weighted by Crippen LogP contribution is 2.46. The Balaban J connectivity index is 1.84. The van der Waals surface area contributed by atoms with Crippen LogP contribution >= 0.6 is 11.6 Å². The number of nitrogens with zero attached hydrogens (tertiary/aromatic N) is 1. The van der Waals surface area contributed by atoms with Gasteiger partial charge in [-0.2, -0.15) is 0 Å². The quantitative estimate of drug-likeness (QED) is 0.577. The third kappa shape index (κ3) is 3.90. The van der Waals surface area contributed by atoms with Crippen molar-refractivity contribution in [3.8, 4) is 0 Å². The molecule has 28 heavy (non-hydrogen) atoms. The van der Waals surface area contributed by atoms with Crippen LogP contribution in [0.25, 0.3) is 0 Å². The molecule has 2 atom stereocenters. The highest BCUT2D eigenvalue weighted by atomic mass is 35.5. The minimum Gasteiger partial charge on any atom is -0.353 e. The molecule has 154 valence electrons. The van der Waals surface area contributed by atoms with Crippen molar-refractivity contribution in [3.05, 3.63) is 34.4 Å². The van der Waals surface area contributed by atoms with Crippen molar-refractivity contribution in [2.45, 2.75) is 38.3 Å². The van der Waals surface area contributed by atoms with Gasteiger partial charge in [-0.15, -0.1) is 0 Å². The lowest BCUT2D eigenvalue weighted by atomic mass is 9.69. The normalized spacial score (nSPS) is 25.9. The summed E-state index contributed by atoms with van der Waals surface area (Å²) in [7, 11) is 0. The summed E-state index contributed by atoms with van der Waals surface area (Å²) in [6.07, 6.45) is -2.32. The molecular weight excluding hydrogens is 402 g/mol. The molecule has 1 aliphatic carbocycles. The number of carbonyl (C=O) groups excluding carboxylic acids is 2. The molecule has 10 heteroatoms. The molecule has 3 amide bonds. The van der Waals surface area contributed by atoms with E-state index in [-0.39, 0.29) is 37.4 Å². The minimum atomic E-state index is -2.50. The molecule has 0 aromatic heterocycles. The molecule has 1 aromatic rings. The molecule has 1 saturated heterocycles. The Kier molecular flexibility index (Phi) is 6.02. The molecule has 2 fully saturated rings. The molecule has 1 saturated carbocycles. The van der Waals surface area contributed by atoms with Gasteiger partial charge in [0.1, 0.15) is 22.7 Å². The molecule has 0 spiro atoms. The Bertz CT molecular complexity index is 773. The van der Waals surface area contributed by atoms with Crippen LogP contribution in [0.1, 0.15) is 31.4 Å². The van der Waals surface area contributed by atoms with Gasteiger partial charge in [0.15, 0.2) is 0 Å². The first-order valence-corrected chi connectivity index (χ1v) is 9.34. The van der Waals surface area contributed by atoms with Gasteiger partial charge in [-0.3, -0.25) is 4.79 Å². The van der Waals surface area contributed by atoms with E-state index in [2.05, 4.69) is 10.6 Å². The van der Waals surface area contributed by atoms with Gasteiger partial charge >= 0.3 is 6.03 Å². The van der Waals surface area contributed by atoms with Gasteiger partial charge in [-0.1, -0.05) is 17.7 Å². The molecule has 5 nitrogen and oxygen atoms in total. The van der Waals surface area contributed by atoms with Crippen molar-refractivity contribution in [2.24, 2.45) is 11.8 Å². The largest absolute Gasteiger partial charge is 0.353 e. The Hall–Kier alpha value is -2.03. The number of benzene rings is 1. The lowest BCUT2D eigenvalue weighted by Crippen LogP contribution is -2.59. The molecule has 1 heterocycles. The molecule has 1 aliphatic heterocycles. The fourth-order valence-corrected chi connectivity index (χ4v) is 3.87. The lowest BCUT2D eigenvalue weighted by Gasteiger charge is -2.42. The number of hydrogen-bond acceptors (Lipinski definition) is 2. The highest BCUT2D eigenvalue weighted by molar-refractivity contribution is 6.31. The predicted molar refractivity (Wildman–Crippen MR) is 94.0 cm³/mol. The van der Waals surface area contributed by atoms with E-state index in [9.17, 15) is 27.2 Å². The van der Waals surface area contributed by atoms with Crippen molar-refractivity contribution in [1.82, 2.24) is 15.5 Å². The van der Waals surface area contributed by atoms with E-state index in [0.717, 1.165) is 12.1 Å². The number of halogens is 5. The number of hydrogen-bond donors (Lipinski definition) is 2. The van der Waals surface area contributed by atoms with Gasteiger partial charge in [0, 0.05) is 24.6 Å². The first-order valence-electron chi connectivity index (χ1n) is 8.97. The topological polar surface area (TPSA) is 61.4 Å². The lowest BCUT2D eigenvalue weighted by molar-refractivity contribution is -0.127. The van der Waals surface area contributed by atoms with Crippen molar-refractivity contribution in [3.63, 3.8) is 0 Å². The summed E-state index contributed by atoms with van der Waals surface area (Å²) in [5.74, 6) is -3.59. The average Bonchev–Trinajstić information content (AvgIpc) is 2.60. The van der Waals surface area contributed by atoms with Gasteiger partial charge < -0.3 is 15.5 Å². The maximum absolute atomic E-state index is 14.6. The van der Waals surface area contributed by atoms with Gasteiger partial charge in [0.2, 0.25) is 12.3 Å². The number of alkyl halides is 2. The number of piperazine rings is 1. The van der Waals surface area contributed by atoms with Crippen LogP contribution < -0.4 is 10.6 Å². The summed E-state index contributed by atoms with van der Waals surface area (Å²) in [6, 6.07) is -0.180. The summed E-state index contributed by atoms with van der Waals surface area (Å²) < 4.78 is 53.9. The van der Waals surface area contributed by atoms with E-state index in [1.165, 1.54) is 4.90 Å². The molecule has 3 rings (SSSR count). The van der Waals surface area contributed by atoms with Crippen LogP contribution in [0.5, 0.6) is 0 Å². The molecule has 0 radical (unpaired) electrons. The first-order chi connectivity index (χ1) is 13.2. The molecule has 2 N–H and O–H groups in total. The number of rotatable bonds is 4. The second kappa shape index (κ2) is 8.14. The van der Waals surface area contributed by atoms with Gasteiger partial charge in [0.05, 0.1) is 6.04 Å². The Labute approximate surface area is 164 Å². The summed E-state index contributed by atoms with van der Waals surface area (Å²) in [5.41, 5.74) is -0.0634. The zero-order valence-electron chi connectivity index (χ0n) is 15.0.